The lowest BCUT2D eigenvalue weighted by atomic mass is 9.86. The summed E-state index contributed by atoms with van der Waals surface area (Å²) < 4.78 is 1.59. The molecule has 0 spiro atoms. The van der Waals surface area contributed by atoms with E-state index < -0.39 is 0 Å². The number of nitrogens with zero attached hydrogens (tertiary/aromatic N) is 2. The van der Waals surface area contributed by atoms with Gasteiger partial charge < -0.3 is 11.1 Å². The predicted molar refractivity (Wildman–Crippen MR) is 75.9 cm³/mol. The van der Waals surface area contributed by atoms with Crippen LogP contribution in [0.25, 0.3) is 0 Å². The minimum absolute atomic E-state index is 0.0917. The van der Waals surface area contributed by atoms with Crippen LogP contribution in [0.1, 0.15) is 55.7 Å². The zero-order chi connectivity index (χ0) is 14.0. The van der Waals surface area contributed by atoms with Crippen LogP contribution in [0.15, 0.2) is 0 Å². The van der Waals surface area contributed by atoms with Crippen LogP contribution in [0.2, 0.25) is 0 Å². The van der Waals surface area contributed by atoms with Crippen molar-refractivity contribution in [3.05, 3.63) is 11.4 Å². The smallest absolute Gasteiger partial charge is 0.271 e. The van der Waals surface area contributed by atoms with Gasteiger partial charge in [-0.3, -0.25) is 9.48 Å². The summed E-state index contributed by atoms with van der Waals surface area (Å²) in [5.41, 5.74) is 7.82. The number of carbonyl (C=O) groups is 1. The minimum Gasteiger partial charge on any atom is -0.395 e. The quantitative estimate of drug-likeness (QED) is 0.875. The molecule has 2 rings (SSSR count). The Labute approximate surface area is 114 Å². The highest BCUT2D eigenvalue weighted by atomic mass is 16.2. The van der Waals surface area contributed by atoms with Crippen molar-refractivity contribution in [3.8, 4) is 0 Å². The molecule has 1 heterocycles. The maximum Gasteiger partial charge on any atom is 0.271 e. The molecule has 1 amide bonds. The van der Waals surface area contributed by atoms with Gasteiger partial charge in [0, 0.05) is 13.1 Å². The first-order chi connectivity index (χ1) is 9.04. The zero-order valence-electron chi connectivity index (χ0n) is 12.1. The van der Waals surface area contributed by atoms with Crippen LogP contribution in [0.3, 0.4) is 0 Å². The monoisotopic (exact) mass is 264 g/mol. The largest absolute Gasteiger partial charge is 0.395 e. The molecule has 5 heteroatoms. The van der Waals surface area contributed by atoms with Gasteiger partial charge >= 0.3 is 0 Å². The Balaban J connectivity index is 2.13. The fourth-order valence-electron chi connectivity index (χ4n) is 2.89. The second-order valence-corrected chi connectivity index (χ2v) is 5.53. The number of nitrogen functional groups attached to an aromatic ring is 1. The van der Waals surface area contributed by atoms with Crippen LogP contribution in [0.4, 0.5) is 5.69 Å². The van der Waals surface area contributed by atoms with Crippen molar-refractivity contribution < 1.29 is 4.79 Å². The molecule has 3 N–H and O–H groups in total. The van der Waals surface area contributed by atoms with Gasteiger partial charge in [0.15, 0.2) is 0 Å². The van der Waals surface area contributed by atoms with E-state index in [2.05, 4.69) is 17.3 Å². The third kappa shape index (κ3) is 2.74. The molecular weight excluding hydrogens is 240 g/mol. The Kier molecular flexibility index (Phi) is 4.12. The summed E-state index contributed by atoms with van der Waals surface area (Å²) in [6.45, 7) is 4.19. The summed E-state index contributed by atoms with van der Waals surface area (Å²) in [5, 5.41) is 7.42. The molecule has 2 atom stereocenters. The summed E-state index contributed by atoms with van der Waals surface area (Å²) in [6, 6.07) is 0.264. The Morgan fingerprint density at radius 3 is 2.74 bits per heavy atom. The van der Waals surface area contributed by atoms with Crippen molar-refractivity contribution in [3.63, 3.8) is 0 Å². The third-order valence-electron chi connectivity index (χ3n) is 4.14. The molecule has 1 fully saturated rings. The predicted octanol–water partition coefficient (Wildman–Crippen LogP) is 1.87. The topological polar surface area (TPSA) is 72.9 Å². The van der Waals surface area contributed by atoms with Gasteiger partial charge in [-0.05, 0) is 25.2 Å². The number of rotatable bonds is 3. The van der Waals surface area contributed by atoms with E-state index in [1.54, 1.807) is 11.7 Å². The minimum atomic E-state index is -0.0917. The molecule has 1 saturated carbocycles. The van der Waals surface area contributed by atoms with Crippen LogP contribution in [-0.2, 0) is 13.5 Å². The molecular formula is C14H24N4O. The molecule has 0 saturated heterocycles. The highest BCUT2D eigenvalue weighted by molar-refractivity contribution is 5.98. The number of aromatic nitrogens is 2. The molecule has 1 aliphatic rings. The Bertz CT molecular complexity index is 466. The number of carbonyl (C=O) groups excluding carboxylic acids is 1. The van der Waals surface area contributed by atoms with E-state index >= 15 is 0 Å². The Hall–Kier alpha value is -1.52. The first kappa shape index (κ1) is 13.9. The molecule has 1 aliphatic carbocycles. The highest BCUT2D eigenvalue weighted by Gasteiger charge is 2.26. The normalized spacial score (nSPS) is 23.3. The molecule has 1 aromatic heterocycles. The maximum atomic E-state index is 12.4. The number of hydrogen-bond donors (Lipinski definition) is 2. The fourth-order valence-corrected chi connectivity index (χ4v) is 2.89. The van der Waals surface area contributed by atoms with Gasteiger partial charge in [-0.15, -0.1) is 0 Å². The van der Waals surface area contributed by atoms with Crippen molar-refractivity contribution in [2.45, 2.75) is 52.0 Å². The fraction of sp³-hybridized carbons (Fsp3) is 0.714. The molecule has 1 aromatic rings. The number of nitrogens with one attached hydrogen (secondary N) is 1. The first-order valence-electron chi connectivity index (χ1n) is 7.16. The van der Waals surface area contributed by atoms with E-state index in [0.29, 0.717) is 17.3 Å². The van der Waals surface area contributed by atoms with E-state index in [1.807, 2.05) is 6.92 Å². The van der Waals surface area contributed by atoms with Crippen LogP contribution < -0.4 is 11.1 Å². The first-order valence-corrected chi connectivity index (χ1v) is 7.16. The van der Waals surface area contributed by atoms with E-state index in [9.17, 15) is 4.79 Å². The van der Waals surface area contributed by atoms with Crippen LogP contribution in [-0.4, -0.2) is 21.7 Å². The van der Waals surface area contributed by atoms with Crippen LogP contribution in [0, 0.1) is 5.92 Å². The van der Waals surface area contributed by atoms with Gasteiger partial charge in [0.1, 0.15) is 5.69 Å². The van der Waals surface area contributed by atoms with Crippen molar-refractivity contribution >= 4 is 11.6 Å². The third-order valence-corrected chi connectivity index (χ3v) is 4.14. The van der Waals surface area contributed by atoms with E-state index in [0.717, 1.165) is 18.5 Å². The maximum absolute atomic E-state index is 12.4. The second kappa shape index (κ2) is 5.63. The molecule has 19 heavy (non-hydrogen) atoms. The van der Waals surface area contributed by atoms with Crippen molar-refractivity contribution in [1.82, 2.24) is 15.1 Å². The molecule has 0 radical (unpaired) electrons. The van der Waals surface area contributed by atoms with Crippen molar-refractivity contribution in [1.29, 1.82) is 0 Å². The number of amides is 1. The Morgan fingerprint density at radius 2 is 2.16 bits per heavy atom. The molecule has 0 bridgehead atoms. The van der Waals surface area contributed by atoms with Gasteiger partial charge in [-0.2, -0.15) is 5.10 Å². The van der Waals surface area contributed by atoms with Crippen molar-refractivity contribution in [2.75, 3.05) is 5.73 Å². The molecule has 2 unspecified atom stereocenters. The number of aryl methyl sites for hydroxylation is 2. The van der Waals surface area contributed by atoms with E-state index in [1.165, 1.54) is 19.3 Å². The van der Waals surface area contributed by atoms with Gasteiger partial charge in [-0.25, -0.2) is 0 Å². The average Bonchev–Trinajstić information content (AvgIpc) is 2.67. The molecule has 0 aliphatic heterocycles. The van der Waals surface area contributed by atoms with Gasteiger partial charge in [0.25, 0.3) is 5.91 Å². The lowest BCUT2D eigenvalue weighted by Crippen LogP contribution is -2.41. The summed E-state index contributed by atoms with van der Waals surface area (Å²) in [7, 11) is 1.77. The van der Waals surface area contributed by atoms with E-state index in [4.69, 9.17) is 5.73 Å². The number of hydrogen-bond acceptors (Lipinski definition) is 3. The standard InChI is InChI=1S/C14H24N4O/c1-4-10-12(15)13(18(3)17-10)14(19)16-11-8-6-5-7-9(11)2/h9,11H,4-8,15H2,1-3H3,(H,16,19). The lowest BCUT2D eigenvalue weighted by molar-refractivity contribution is 0.0901. The molecule has 5 nitrogen and oxygen atoms in total. The van der Waals surface area contributed by atoms with Crippen LogP contribution >= 0.6 is 0 Å². The summed E-state index contributed by atoms with van der Waals surface area (Å²) in [5.74, 6) is 0.448. The zero-order valence-corrected chi connectivity index (χ0v) is 12.1. The highest BCUT2D eigenvalue weighted by Crippen LogP contribution is 2.25. The van der Waals surface area contributed by atoms with E-state index in [-0.39, 0.29) is 11.9 Å². The molecule has 106 valence electrons. The summed E-state index contributed by atoms with van der Waals surface area (Å²) in [6.07, 6.45) is 5.45. The molecule has 0 aromatic carbocycles. The average molecular weight is 264 g/mol. The second-order valence-electron chi connectivity index (χ2n) is 5.53. The summed E-state index contributed by atoms with van der Waals surface area (Å²) >= 11 is 0. The number of nitrogens with two attached hydrogens (primary N) is 1. The van der Waals surface area contributed by atoms with Gasteiger partial charge in [-0.1, -0.05) is 26.7 Å². The SMILES string of the molecule is CCc1nn(C)c(C(=O)NC2CCCCC2C)c1N. The summed E-state index contributed by atoms with van der Waals surface area (Å²) in [4.78, 5) is 12.4. The van der Waals surface area contributed by atoms with Gasteiger partial charge in [0.05, 0.1) is 11.4 Å². The number of anilines is 1. The lowest BCUT2D eigenvalue weighted by Gasteiger charge is -2.29. The van der Waals surface area contributed by atoms with Gasteiger partial charge in [0.2, 0.25) is 0 Å². The van der Waals surface area contributed by atoms with Crippen LogP contribution in [0.5, 0.6) is 0 Å². The Morgan fingerprint density at radius 1 is 1.47 bits per heavy atom. The van der Waals surface area contributed by atoms with Crippen molar-refractivity contribution in [2.24, 2.45) is 13.0 Å².